The van der Waals surface area contributed by atoms with Gasteiger partial charge in [-0.05, 0) is 19.0 Å². The van der Waals surface area contributed by atoms with Crippen LogP contribution in [0.15, 0.2) is 0 Å². The van der Waals surface area contributed by atoms with Gasteiger partial charge in [0, 0.05) is 5.88 Å². The Morgan fingerprint density at radius 2 is 2.29 bits per heavy atom. The van der Waals surface area contributed by atoms with E-state index in [1.54, 1.807) is 0 Å². The van der Waals surface area contributed by atoms with Gasteiger partial charge in [0.25, 0.3) is 0 Å². The average Bonchev–Trinajstić information content (AvgIpc) is 1.61. The lowest BCUT2D eigenvalue weighted by Gasteiger charge is -1.93. The van der Waals surface area contributed by atoms with Crippen LogP contribution in [0.3, 0.4) is 0 Å². The first-order valence-electron chi connectivity index (χ1n) is 2.34. The van der Waals surface area contributed by atoms with E-state index in [4.69, 9.17) is 16.4 Å². The van der Waals surface area contributed by atoms with Crippen LogP contribution in [0.4, 0.5) is 0 Å². The van der Waals surface area contributed by atoms with Crippen molar-refractivity contribution in [1.29, 1.82) is 0 Å². The van der Waals surface area contributed by atoms with Crippen molar-refractivity contribution in [3.8, 4) is 0 Å². The molecule has 0 fully saturated rings. The van der Waals surface area contributed by atoms with Gasteiger partial charge in [0.2, 0.25) is 9.04 Å². The van der Waals surface area contributed by atoms with Crippen LogP contribution >= 0.6 is 11.6 Å². The van der Waals surface area contributed by atoms with Crippen LogP contribution < -0.4 is 0 Å². The van der Waals surface area contributed by atoms with Gasteiger partial charge in [-0.3, -0.25) is 0 Å². The third-order valence-corrected chi connectivity index (χ3v) is 2.02. The number of hydrogen-bond acceptors (Lipinski definition) is 1. The van der Waals surface area contributed by atoms with Gasteiger partial charge in [-0.2, -0.15) is 0 Å². The van der Waals surface area contributed by atoms with Crippen LogP contribution in [0.1, 0.15) is 6.42 Å². The van der Waals surface area contributed by atoms with Gasteiger partial charge in [-0.25, -0.2) is 0 Å². The van der Waals surface area contributed by atoms with Crippen molar-refractivity contribution in [2.75, 3.05) is 5.88 Å². The van der Waals surface area contributed by atoms with E-state index in [-0.39, 0.29) is 0 Å². The first-order chi connectivity index (χ1) is 3.27. The summed E-state index contributed by atoms with van der Waals surface area (Å²) in [5.41, 5.74) is 0. The lowest BCUT2D eigenvalue weighted by Crippen LogP contribution is -2.03. The van der Waals surface area contributed by atoms with Crippen LogP contribution in [0.5, 0.6) is 0 Å². The van der Waals surface area contributed by atoms with E-state index in [1.807, 2.05) is 6.55 Å². The molecule has 0 aliphatic rings. The molecule has 1 radical (unpaired) electrons. The maximum atomic E-state index is 8.73. The molecule has 0 rings (SSSR count). The maximum absolute atomic E-state index is 8.73. The highest BCUT2D eigenvalue weighted by atomic mass is 35.5. The average molecular weight is 138 g/mol. The van der Waals surface area contributed by atoms with E-state index < -0.39 is 9.04 Å². The zero-order valence-corrected chi connectivity index (χ0v) is 6.20. The minimum absolute atomic E-state index is 0.683. The van der Waals surface area contributed by atoms with Crippen LogP contribution in [-0.4, -0.2) is 19.7 Å². The Morgan fingerprint density at radius 1 is 1.71 bits per heavy atom. The zero-order valence-electron chi connectivity index (χ0n) is 4.45. The first kappa shape index (κ1) is 7.47. The Labute approximate surface area is 51.0 Å². The molecule has 0 aromatic carbocycles. The van der Waals surface area contributed by atoms with Crippen molar-refractivity contribution in [2.45, 2.75) is 19.0 Å². The van der Waals surface area contributed by atoms with Gasteiger partial charge in [0.1, 0.15) is 0 Å². The molecule has 0 bridgehead atoms. The Hall–Kier alpha value is 0.467. The fourth-order valence-electron chi connectivity index (χ4n) is 0.323. The van der Waals surface area contributed by atoms with E-state index in [2.05, 4.69) is 0 Å². The van der Waals surface area contributed by atoms with E-state index >= 15 is 0 Å². The van der Waals surface area contributed by atoms with Gasteiger partial charge in [-0.1, -0.05) is 0 Å². The van der Waals surface area contributed by atoms with Crippen molar-refractivity contribution < 1.29 is 4.80 Å². The Morgan fingerprint density at radius 3 is 2.43 bits per heavy atom. The van der Waals surface area contributed by atoms with Crippen LogP contribution in [0.25, 0.3) is 0 Å². The summed E-state index contributed by atoms with van der Waals surface area (Å²) in [6.45, 7) is 1.87. The molecule has 0 aliphatic heterocycles. The number of alkyl halides is 1. The molecule has 43 valence electrons. The third-order valence-electron chi connectivity index (χ3n) is 0.672. The summed E-state index contributed by atoms with van der Waals surface area (Å²) in [6.07, 6.45) is 0.961. The fourth-order valence-corrected chi connectivity index (χ4v) is 1.37. The van der Waals surface area contributed by atoms with Crippen molar-refractivity contribution in [3.05, 3.63) is 0 Å². The Bertz CT molecular complexity index is 40.7. The number of hydrogen-bond donors (Lipinski definition) is 1. The van der Waals surface area contributed by atoms with Crippen LogP contribution in [-0.2, 0) is 0 Å². The number of halogens is 1. The summed E-state index contributed by atoms with van der Waals surface area (Å²) in [6, 6.07) is 0.925. The summed E-state index contributed by atoms with van der Waals surface area (Å²) < 4.78 is 0. The van der Waals surface area contributed by atoms with Gasteiger partial charge < -0.3 is 4.80 Å². The molecule has 0 heterocycles. The SMILES string of the molecule is C[Si](O)CCCCl. The molecule has 0 unspecified atom stereocenters. The largest absolute Gasteiger partial charge is 0.432 e. The quantitative estimate of drug-likeness (QED) is 0.458. The minimum atomic E-state index is -0.982. The molecular weight excluding hydrogens is 128 g/mol. The van der Waals surface area contributed by atoms with Gasteiger partial charge in [0.05, 0.1) is 0 Å². The lowest BCUT2D eigenvalue weighted by molar-refractivity contribution is 0.574. The number of rotatable bonds is 3. The monoisotopic (exact) mass is 137 g/mol. The van der Waals surface area contributed by atoms with Crippen molar-refractivity contribution >= 4 is 20.6 Å². The second-order valence-corrected chi connectivity index (χ2v) is 3.88. The molecule has 0 aromatic heterocycles. The van der Waals surface area contributed by atoms with Gasteiger partial charge >= 0.3 is 0 Å². The van der Waals surface area contributed by atoms with Crippen molar-refractivity contribution in [2.24, 2.45) is 0 Å². The summed E-state index contributed by atoms with van der Waals surface area (Å²) in [4.78, 5) is 8.73. The molecular formula is C4H10ClOSi. The van der Waals surface area contributed by atoms with Gasteiger partial charge in [-0.15, -0.1) is 11.6 Å². The minimum Gasteiger partial charge on any atom is -0.432 e. The van der Waals surface area contributed by atoms with Crippen LogP contribution in [0, 0.1) is 0 Å². The van der Waals surface area contributed by atoms with E-state index in [9.17, 15) is 0 Å². The summed E-state index contributed by atoms with van der Waals surface area (Å²) in [5.74, 6) is 0.683. The second-order valence-electron chi connectivity index (χ2n) is 1.53. The van der Waals surface area contributed by atoms with E-state index in [0.717, 1.165) is 12.5 Å². The molecule has 7 heavy (non-hydrogen) atoms. The molecule has 0 atom stereocenters. The van der Waals surface area contributed by atoms with Crippen molar-refractivity contribution in [1.82, 2.24) is 0 Å². The van der Waals surface area contributed by atoms with Crippen LogP contribution in [0.2, 0.25) is 12.6 Å². The molecule has 0 aromatic rings. The summed E-state index contributed by atoms with van der Waals surface area (Å²) >= 11 is 5.35. The molecule has 0 aliphatic carbocycles. The zero-order chi connectivity index (χ0) is 5.70. The maximum Gasteiger partial charge on any atom is 0.203 e. The topological polar surface area (TPSA) is 20.2 Å². The summed E-state index contributed by atoms with van der Waals surface area (Å²) in [7, 11) is -0.982. The molecule has 1 N–H and O–H groups in total. The van der Waals surface area contributed by atoms with Gasteiger partial charge in [0.15, 0.2) is 0 Å². The second kappa shape index (κ2) is 4.62. The highest BCUT2D eigenvalue weighted by Gasteiger charge is 1.95. The molecule has 0 saturated heterocycles. The molecule has 0 spiro atoms. The van der Waals surface area contributed by atoms with Crippen molar-refractivity contribution in [3.63, 3.8) is 0 Å². The summed E-state index contributed by atoms with van der Waals surface area (Å²) in [5, 5.41) is 0. The lowest BCUT2D eigenvalue weighted by atomic mass is 10.6. The Balaban J connectivity index is 2.68. The molecule has 0 amide bonds. The highest BCUT2D eigenvalue weighted by molar-refractivity contribution is 6.48. The fraction of sp³-hybridized carbons (Fsp3) is 1.00. The van der Waals surface area contributed by atoms with E-state index in [1.165, 1.54) is 0 Å². The molecule has 0 saturated carbocycles. The smallest absolute Gasteiger partial charge is 0.203 e. The predicted molar refractivity (Wildman–Crippen MR) is 34.0 cm³/mol. The van der Waals surface area contributed by atoms with E-state index in [0.29, 0.717) is 5.88 Å². The molecule has 3 heteroatoms. The third kappa shape index (κ3) is 6.47. The normalized spacial score (nSPS) is 10.3. The molecule has 1 nitrogen and oxygen atoms in total. The first-order valence-corrected chi connectivity index (χ1v) is 5.03. The standard InChI is InChI=1S/C4H10ClOSi/c1-7(6)4-2-3-5/h6H,2-4H2,1H3. The highest BCUT2D eigenvalue weighted by Crippen LogP contribution is 1.94. The predicted octanol–water partition coefficient (Wildman–Crippen LogP) is 1.23. The Kier molecular flexibility index (Phi) is 4.93.